The molecular weight excluding hydrogens is 779 g/mol. The maximum absolute atomic E-state index is 14.4. The number of benzene rings is 1. The van der Waals surface area contributed by atoms with E-state index in [9.17, 15) is 33.6 Å². The molecule has 14 nitrogen and oxygen atoms in total. The van der Waals surface area contributed by atoms with E-state index in [-0.39, 0.29) is 61.0 Å². The second-order valence-corrected chi connectivity index (χ2v) is 17.9. The molecule has 0 bridgehead atoms. The molecule has 4 atom stereocenters. The first kappa shape index (κ1) is 48.4. The van der Waals surface area contributed by atoms with Gasteiger partial charge in [0.05, 0.1) is 18.6 Å². The molecule has 0 aromatic heterocycles. The van der Waals surface area contributed by atoms with Gasteiger partial charge in [-0.25, -0.2) is 9.59 Å². The van der Waals surface area contributed by atoms with Crippen molar-refractivity contribution in [1.29, 1.82) is 0 Å². The first-order valence-corrected chi connectivity index (χ1v) is 21.8. The Bertz CT molecular complexity index is 1860. The van der Waals surface area contributed by atoms with Crippen molar-refractivity contribution in [1.82, 2.24) is 26.2 Å². The lowest BCUT2D eigenvalue weighted by Crippen LogP contribution is -2.54. The molecule has 1 aliphatic heterocycles. The lowest BCUT2D eigenvalue weighted by atomic mass is 9.84. The molecule has 1 saturated heterocycles. The largest absolute Gasteiger partial charge is 0.450 e. The molecule has 2 aliphatic carbocycles. The highest BCUT2D eigenvalue weighted by Gasteiger charge is 2.38. The summed E-state index contributed by atoms with van der Waals surface area (Å²) in [6.45, 7) is 15.1. The average molecular weight is 846 g/mol. The summed E-state index contributed by atoms with van der Waals surface area (Å²) in [5.41, 5.74) is 2.05. The third-order valence-electron chi connectivity index (χ3n) is 11.1. The molecule has 4 N–H and O–H groups in total. The van der Waals surface area contributed by atoms with Gasteiger partial charge in [-0.05, 0) is 117 Å². The van der Waals surface area contributed by atoms with Crippen LogP contribution in [0.4, 0.5) is 9.59 Å². The van der Waals surface area contributed by atoms with Crippen LogP contribution in [0.3, 0.4) is 0 Å². The number of alkyl carbamates (subject to hydrolysis) is 2. The van der Waals surface area contributed by atoms with E-state index in [4.69, 9.17) is 9.47 Å². The van der Waals surface area contributed by atoms with Gasteiger partial charge in [-0.2, -0.15) is 0 Å². The van der Waals surface area contributed by atoms with Crippen molar-refractivity contribution in [3.63, 3.8) is 0 Å². The van der Waals surface area contributed by atoms with Crippen molar-refractivity contribution in [2.45, 2.75) is 149 Å². The molecule has 334 valence electrons. The fourth-order valence-corrected chi connectivity index (χ4v) is 7.53. The van der Waals surface area contributed by atoms with Crippen LogP contribution in [0.25, 0.3) is 0 Å². The molecule has 1 heterocycles. The number of carbonyl (C=O) groups is 7. The fourth-order valence-electron chi connectivity index (χ4n) is 7.53. The normalized spacial score (nSPS) is 18.6. The molecule has 1 saturated carbocycles. The quantitative estimate of drug-likeness (QED) is 0.0675. The van der Waals surface area contributed by atoms with E-state index in [1.165, 1.54) is 0 Å². The Kier molecular flexibility index (Phi) is 17.9. The molecule has 0 radical (unpaired) electrons. The summed E-state index contributed by atoms with van der Waals surface area (Å²) in [7, 11) is 0. The summed E-state index contributed by atoms with van der Waals surface area (Å²) in [6, 6.07) is 7.65. The minimum absolute atomic E-state index is 0.0500. The number of amides is 5. The Morgan fingerprint density at radius 1 is 0.869 bits per heavy atom. The van der Waals surface area contributed by atoms with Crippen LogP contribution in [0.15, 0.2) is 64.8 Å². The first-order valence-electron chi connectivity index (χ1n) is 21.8. The van der Waals surface area contributed by atoms with E-state index in [2.05, 4.69) is 35.1 Å². The zero-order chi connectivity index (χ0) is 44.9. The molecule has 1 aromatic carbocycles. The van der Waals surface area contributed by atoms with Crippen LogP contribution >= 0.6 is 0 Å². The van der Waals surface area contributed by atoms with E-state index >= 15 is 0 Å². The number of rotatable bonds is 20. The van der Waals surface area contributed by atoms with Crippen LogP contribution in [0.2, 0.25) is 0 Å². The minimum atomic E-state index is -0.882. The molecule has 0 unspecified atom stereocenters. The number of nitrogens with one attached hydrogen (secondary N) is 4. The van der Waals surface area contributed by atoms with Crippen molar-refractivity contribution in [2.24, 2.45) is 11.8 Å². The molecule has 1 aromatic rings. The third-order valence-corrected chi connectivity index (χ3v) is 11.1. The number of Topliss-reactive ketones (excluding diaryl/α,β-unsaturated/α-hetero) is 2. The van der Waals surface area contributed by atoms with Gasteiger partial charge in [0.15, 0.2) is 11.6 Å². The smallest absolute Gasteiger partial charge is 0.408 e. The summed E-state index contributed by atoms with van der Waals surface area (Å²) >= 11 is 0. The second-order valence-electron chi connectivity index (χ2n) is 17.9. The van der Waals surface area contributed by atoms with Gasteiger partial charge in [0, 0.05) is 41.4 Å². The highest BCUT2D eigenvalue weighted by molar-refractivity contribution is 6.24. The number of ketones is 2. The van der Waals surface area contributed by atoms with Gasteiger partial charge >= 0.3 is 12.2 Å². The molecule has 5 amide bonds. The predicted molar refractivity (Wildman–Crippen MR) is 232 cm³/mol. The van der Waals surface area contributed by atoms with E-state index < -0.39 is 41.7 Å². The van der Waals surface area contributed by atoms with E-state index in [1.807, 2.05) is 42.5 Å². The number of carbonyl (C=O) groups excluding carboxylic acids is 7. The Morgan fingerprint density at radius 2 is 1.56 bits per heavy atom. The molecule has 0 spiro atoms. The Balaban J connectivity index is 1.36. The summed E-state index contributed by atoms with van der Waals surface area (Å²) in [5, 5.41) is 11.5. The summed E-state index contributed by atoms with van der Waals surface area (Å²) in [4.78, 5) is 93.7. The first-order chi connectivity index (χ1) is 28.8. The van der Waals surface area contributed by atoms with Crippen LogP contribution in [0, 0.1) is 11.8 Å². The van der Waals surface area contributed by atoms with Crippen molar-refractivity contribution < 1.29 is 43.0 Å². The van der Waals surface area contributed by atoms with Crippen molar-refractivity contribution in [3.8, 4) is 0 Å². The molecule has 4 rings (SSSR count). The maximum Gasteiger partial charge on any atom is 0.408 e. The molecule has 61 heavy (non-hydrogen) atoms. The number of nitrogens with zero attached hydrogens (tertiary/aromatic N) is 1. The number of ether oxygens (including phenoxy) is 2. The second kappa shape index (κ2) is 22.5. The molecule has 2 fully saturated rings. The maximum atomic E-state index is 14.4. The lowest BCUT2D eigenvalue weighted by Gasteiger charge is -2.29. The third kappa shape index (κ3) is 15.3. The Hall–Kier alpha value is -5.27. The van der Waals surface area contributed by atoms with Crippen LogP contribution in [-0.4, -0.2) is 95.8 Å². The highest BCUT2D eigenvalue weighted by Crippen LogP contribution is 2.27. The zero-order valence-corrected chi connectivity index (χ0v) is 37.3. The van der Waals surface area contributed by atoms with Crippen molar-refractivity contribution in [2.75, 3.05) is 19.7 Å². The number of hydrogen-bond acceptors (Lipinski definition) is 9. The molecule has 3 aliphatic rings. The highest BCUT2D eigenvalue weighted by atomic mass is 16.6. The van der Waals surface area contributed by atoms with Crippen LogP contribution in [0.1, 0.15) is 119 Å². The monoisotopic (exact) mass is 845 g/mol. The van der Waals surface area contributed by atoms with Crippen LogP contribution in [-0.2, 0) is 39.9 Å². The molecular formula is C47H67N5O9. The zero-order valence-electron chi connectivity index (χ0n) is 37.3. The standard InChI is InChI=1S/C47H67N5O9/c1-29(2)27-36(50-46(59)61-47(6,7)8)21-20-34(28-33-15-10-9-11-16-33)44(57)52-25-13-19-39(52)43(56)51-38(42(55)49-35-22-23-35)18-12-24-48-45(58)60-26-14-17-37-32(5)40(53)30(3)31(4)41(37)54/h9-11,15-16,20-21,29,34-36,38-39H,12-14,17-19,22-28H2,1-8H3,(H,48,58)(H,49,55)(H,50,59)(H,51,56)/b21-20+/t34-,36-,38+,39+/m1/s1. The Morgan fingerprint density at radius 3 is 2.21 bits per heavy atom. The van der Waals surface area contributed by atoms with Gasteiger partial charge in [-0.3, -0.25) is 24.0 Å². The molecule has 14 heteroatoms. The van der Waals surface area contributed by atoms with E-state index in [0.29, 0.717) is 73.8 Å². The fraction of sp³-hybridized carbons (Fsp3) is 0.596. The van der Waals surface area contributed by atoms with Crippen molar-refractivity contribution >= 4 is 41.5 Å². The topological polar surface area (TPSA) is 189 Å². The summed E-state index contributed by atoms with van der Waals surface area (Å²) < 4.78 is 10.8. The SMILES string of the molecule is CC1=C(C)C(=O)C(CCCOC(=O)NCCC[C@H](NC(=O)[C@@H]2CCCN2C(=O)[C@H](/C=C/[C@H](CC(C)C)NC(=O)OC(C)(C)C)Cc2ccccc2)C(=O)NC2CC2)=C(C)C1=O. The summed E-state index contributed by atoms with van der Waals surface area (Å²) in [5.74, 6) is -1.62. The number of allylic oxidation sites excluding steroid dienone is 4. The minimum Gasteiger partial charge on any atom is -0.450 e. The van der Waals surface area contributed by atoms with Gasteiger partial charge in [0.2, 0.25) is 17.7 Å². The lowest BCUT2D eigenvalue weighted by molar-refractivity contribution is -0.141. The van der Waals surface area contributed by atoms with Crippen LogP contribution < -0.4 is 21.3 Å². The van der Waals surface area contributed by atoms with Gasteiger partial charge in [-0.15, -0.1) is 0 Å². The van der Waals surface area contributed by atoms with Gasteiger partial charge in [-0.1, -0.05) is 56.3 Å². The van der Waals surface area contributed by atoms with Crippen LogP contribution in [0.5, 0.6) is 0 Å². The number of likely N-dealkylation sites (tertiary alicyclic amines) is 1. The summed E-state index contributed by atoms with van der Waals surface area (Å²) in [6.07, 6.45) is 7.57. The van der Waals surface area contributed by atoms with Gasteiger partial charge in [0.1, 0.15) is 17.7 Å². The Labute approximate surface area is 361 Å². The van der Waals surface area contributed by atoms with E-state index in [0.717, 1.165) is 18.4 Å². The predicted octanol–water partition coefficient (Wildman–Crippen LogP) is 6.19. The average Bonchev–Trinajstić information content (AvgIpc) is 3.87. The van der Waals surface area contributed by atoms with E-state index in [1.54, 1.807) is 46.4 Å². The van der Waals surface area contributed by atoms with Gasteiger partial charge in [0.25, 0.3) is 0 Å². The van der Waals surface area contributed by atoms with Gasteiger partial charge < -0.3 is 35.6 Å². The number of hydrogen-bond donors (Lipinski definition) is 4. The van der Waals surface area contributed by atoms with Crippen molar-refractivity contribution in [3.05, 3.63) is 70.3 Å².